The summed E-state index contributed by atoms with van der Waals surface area (Å²) in [6.45, 7) is 0.706. The summed E-state index contributed by atoms with van der Waals surface area (Å²) in [5.74, 6) is -0.243. The van der Waals surface area contributed by atoms with Crippen LogP contribution in [0.4, 0.5) is 15.8 Å². The summed E-state index contributed by atoms with van der Waals surface area (Å²) in [6.07, 6.45) is 0. The number of anilines is 2. The van der Waals surface area contributed by atoms with Gasteiger partial charge in [-0.3, -0.25) is 0 Å². The van der Waals surface area contributed by atoms with Crippen LogP contribution in [0, 0.1) is 5.82 Å². The minimum Gasteiger partial charge on any atom is -0.380 e. The summed E-state index contributed by atoms with van der Waals surface area (Å²) in [5, 5.41) is 3.28. The number of rotatable bonds is 4. The van der Waals surface area contributed by atoms with Crippen LogP contribution < -0.4 is 10.2 Å². The van der Waals surface area contributed by atoms with Crippen molar-refractivity contribution in [3.05, 3.63) is 58.3 Å². The molecule has 0 atom stereocenters. The molecule has 2 aromatic rings. The Kier molecular flexibility index (Phi) is 4.43. The highest BCUT2D eigenvalue weighted by molar-refractivity contribution is 9.10. The second-order valence-electron chi connectivity index (χ2n) is 4.54. The number of hydrogen-bond donors (Lipinski definition) is 1. The summed E-state index contributed by atoms with van der Waals surface area (Å²) in [6, 6.07) is 13.0. The van der Waals surface area contributed by atoms with Gasteiger partial charge in [-0.15, -0.1) is 0 Å². The van der Waals surface area contributed by atoms with Crippen molar-refractivity contribution in [2.45, 2.75) is 6.54 Å². The first-order valence-electron chi connectivity index (χ1n) is 6.01. The summed E-state index contributed by atoms with van der Waals surface area (Å²) in [7, 11) is 4.03. The van der Waals surface area contributed by atoms with E-state index in [1.54, 1.807) is 6.07 Å². The monoisotopic (exact) mass is 322 g/mol. The fourth-order valence-corrected chi connectivity index (χ4v) is 2.23. The molecule has 0 bridgehead atoms. The molecule has 0 saturated heterocycles. The highest BCUT2D eigenvalue weighted by atomic mass is 79.9. The Morgan fingerprint density at radius 3 is 2.37 bits per heavy atom. The average molecular weight is 323 g/mol. The molecule has 19 heavy (non-hydrogen) atoms. The third-order valence-electron chi connectivity index (χ3n) is 2.87. The summed E-state index contributed by atoms with van der Waals surface area (Å²) in [5.41, 5.74) is 3.24. The van der Waals surface area contributed by atoms with Gasteiger partial charge < -0.3 is 10.2 Å². The molecule has 0 spiro atoms. The molecule has 0 aliphatic heterocycles. The molecule has 4 heteroatoms. The third-order valence-corrected chi connectivity index (χ3v) is 3.52. The Balaban J connectivity index is 2.02. The Morgan fingerprint density at radius 2 is 1.79 bits per heavy atom. The van der Waals surface area contributed by atoms with Gasteiger partial charge in [0.05, 0.1) is 0 Å². The zero-order valence-electron chi connectivity index (χ0n) is 11.0. The van der Waals surface area contributed by atoms with E-state index in [2.05, 4.69) is 50.4 Å². The fourth-order valence-electron chi connectivity index (χ4n) is 1.74. The maximum absolute atomic E-state index is 13.0. The second-order valence-corrected chi connectivity index (χ2v) is 5.39. The van der Waals surface area contributed by atoms with E-state index in [1.807, 2.05) is 14.1 Å². The van der Waals surface area contributed by atoms with Crippen molar-refractivity contribution in [1.82, 2.24) is 0 Å². The lowest BCUT2D eigenvalue weighted by molar-refractivity contribution is 0.627. The molecule has 2 nitrogen and oxygen atoms in total. The van der Waals surface area contributed by atoms with Crippen molar-refractivity contribution in [3.8, 4) is 0 Å². The van der Waals surface area contributed by atoms with E-state index in [-0.39, 0.29) is 5.82 Å². The lowest BCUT2D eigenvalue weighted by Crippen LogP contribution is -2.08. The van der Waals surface area contributed by atoms with Crippen LogP contribution in [0.25, 0.3) is 0 Å². The minimum atomic E-state index is -0.243. The smallest absolute Gasteiger partial charge is 0.124 e. The normalized spacial score (nSPS) is 10.3. The van der Waals surface area contributed by atoms with Crippen LogP contribution in [0.15, 0.2) is 46.9 Å². The highest BCUT2D eigenvalue weighted by Gasteiger charge is 2.01. The van der Waals surface area contributed by atoms with Crippen LogP contribution in [-0.2, 0) is 6.54 Å². The van der Waals surface area contributed by atoms with Gasteiger partial charge >= 0.3 is 0 Å². The Morgan fingerprint density at radius 1 is 1.11 bits per heavy atom. The van der Waals surface area contributed by atoms with Gasteiger partial charge in [0.25, 0.3) is 0 Å². The van der Waals surface area contributed by atoms with E-state index in [1.165, 1.54) is 23.4 Å². The number of benzene rings is 2. The van der Waals surface area contributed by atoms with E-state index in [4.69, 9.17) is 0 Å². The molecular formula is C15H16BrFN2. The molecule has 0 heterocycles. The lowest BCUT2D eigenvalue weighted by Gasteiger charge is -2.13. The molecule has 0 aromatic heterocycles. The van der Waals surface area contributed by atoms with E-state index in [0.29, 0.717) is 6.54 Å². The SMILES string of the molecule is CN(C)c1ccc(CNc2ccc(F)cc2Br)cc1. The van der Waals surface area contributed by atoms with Crippen molar-refractivity contribution in [1.29, 1.82) is 0 Å². The van der Waals surface area contributed by atoms with Crippen LogP contribution in [0.2, 0.25) is 0 Å². The molecule has 2 rings (SSSR count). The highest BCUT2D eigenvalue weighted by Crippen LogP contribution is 2.23. The Hall–Kier alpha value is -1.55. The first-order valence-corrected chi connectivity index (χ1v) is 6.81. The topological polar surface area (TPSA) is 15.3 Å². The van der Waals surface area contributed by atoms with Gasteiger partial charge in [0, 0.05) is 36.5 Å². The van der Waals surface area contributed by atoms with E-state index >= 15 is 0 Å². The van der Waals surface area contributed by atoms with Crippen molar-refractivity contribution >= 4 is 27.3 Å². The molecule has 100 valence electrons. The van der Waals surface area contributed by atoms with Gasteiger partial charge in [-0.2, -0.15) is 0 Å². The quantitative estimate of drug-likeness (QED) is 0.904. The first kappa shape index (κ1) is 13.9. The molecule has 0 amide bonds. The number of hydrogen-bond acceptors (Lipinski definition) is 2. The molecule has 1 N–H and O–H groups in total. The van der Waals surface area contributed by atoms with E-state index in [0.717, 1.165) is 10.2 Å². The van der Waals surface area contributed by atoms with Crippen molar-refractivity contribution < 1.29 is 4.39 Å². The number of halogens is 2. The summed E-state index contributed by atoms with van der Waals surface area (Å²) in [4.78, 5) is 2.06. The largest absolute Gasteiger partial charge is 0.380 e. The van der Waals surface area contributed by atoms with E-state index < -0.39 is 0 Å². The van der Waals surface area contributed by atoms with Crippen molar-refractivity contribution in [2.75, 3.05) is 24.3 Å². The fraction of sp³-hybridized carbons (Fsp3) is 0.200. The number of nitrogens with zero attached hydrogens (tertiary/aromatic N) is 1. The molecule has 0 unspecified atom stereocenters. The van der Waals surface area contributed by atoms with Crippen LogP contribution >= 0.6 is 15.9 Å². The Bertz CT molecular complexity index is 553. The number of nitrogens with one attached hydrogen (secondary N) is 1. The molecule has 0 fully saturated rings. The second kappa shape index (κ2) is 6.06. The standard InChI is InChI=1S/C15H16BrFN2/c1-19(2)13-6-3-11(4-7-13)10-18-15-8-5-12(17)9-14(15)16/h3-9,18H,10H2,1-2H3. The predicted molar refractivity (Wildman–Crippen MR) is 82.2 cm³/mol. The van der Waals surface area contributed by atoms with Crippen LogP contribution in [0.5, 0.6) is 0 Å². The van der Waals surface area contributed by atoms with Gasteiger partial charge in [0.1, 0.15) is 5.82 Å². The minimum absolute atomic E-state index is 0.243. The summed E-state index contributed by atoms with van der Waals surface area (Å²) < 4.78 is 13.7. The molecule has 0 aliphatic carbocycles. The van der Waals surface area contributed by atoms with Gasteiger partial charge in [0.15, 0.2) is 0 Å². The van der Waals surface area contributed by atoms with Gasteiger partial charge in [-0.25, -0.2) is 4.39 Å². The average Bonchev–Trinajstić information content (AvgIpc) is 2.38. The lowest BCUT2D eigenvalue weighted by atomic mass is 10.2. The van der Waals surface area contributed by atoms with Gasteiger partial charge in [0.2, 0.25) is 0 Å². The Labute approximate surface area is 121 Å². The summed E-state index contributed by atoms with van der Waals surface area (Å²) >= 11 is 3.34. The molecule has 2 aromatic carbocycles. The van der Waals surface area contributed by atoms with Crippen LogP contribution in [0.1, 0.15) is 5.56 Å². The van der Waals surface area contributed by atoms with E-state index in [9.17, 15) is 4.39 Å². The van der Waals surface area contributed by atoms with Crippen molar-refractivity contribution in [3.63, 3.8) is 0 Å². The van der Waals surface area contributed by atoms with Crippen molar-refractivity contribution in [2.24, 2.45) is 0 Å². The molecule has 0 aliphatic rings. The van der Waals surface area contributed by atoms with Crippen LogP contribution in [0.3, 0.4) is 0 Å². The van der Waals surface area contributed by atoms with Gasteiger partial charge in [-0.05, 0) is 51.8 Å². The van der Waals surface area contributed by atoms with Gasteiger partial charge in [-0.1, -0.05) is 12.1 Å². The molecule has 0 radical (unpaired) electrons. The predicted octanol–water partition coefficient (Wildman–Crippen LogP) is 4.27. The maximum Gasteiger partial charge on any atom is 0.124 e. The first-order chi connectivity index (χ1) is 9.06. The zero-order valence-corrected chi connectivity index (χ0v) is 12.5. The maximum atomic E-state index is 13.0. The zero-order chi connectivity index (χ0) is 13.8. The van der Waals surface area contributed by atoms with Crippen LogP contribution in [-0.4, -0.2) is 14.1 Å². The molecular weight excluding hydrogens is 307 g/mol. The molecule has 0 saturated carbocycles. The third kappa shape index (κ3) is 3.70.